The van der Waals surface area contributed by atoms with E-state index >= 15 is 0 Å². The molecule has 0 aliphatic rings. The molecule has 17 heavy (non-hydrogen) atoms. The summed E-state index contributed by atoms with van der Waals surface area (Å²) in [4.78, 5) is 2.03. The number of hydrogen-bond donors (Lipinski definition) is 2. The van der Waals surface area contributed by atoms with Crippen LogP contribution >= 0.6 is 11.8 Å². The predicted octanol–water partition coefficient (Wildman–Crippen LogP) is 0.300. The van der Waals surface area contributed by atoms with E-state index in [1.165, 1.54) is 12.1 Å². The molecule has 0 saturated heterocycles. The summed E-state index contributed by atoms with van der Waals surface area (Å²) in [5, 5.41) is 17.8. The number of halogens is 1. The smallest absolute Gasteiger partial charge is 0.423 e. The zero-order chi connectivity index (χ0) is 12.8. The molecule has 0 aliphatic carbocycles. The van der Waals surface area contributed by atoms with Gasteiger partial charge in [-0.05, 0) is 24.8 Å². The number of rotatable bonds is 6. The first-order chi connectivity index (χ1) is 8.04. The van der Waals surface area contributed by atoms with Crippen LogP contribution in [0.25, 0.3) is 0 Å². The van der Waals surface area contributed by atoms with E-state index in [-0.39, 0.29) is 5.46 Å². The Hall–Kier alpha value is -0.555. The van der Waals surface area contributed by atoms with Crippen molar-refractivity contribution in [3.05, 3.63) is 29.6 Å². The third-order valence-corrected chi connectivity index (χ3v) is 3.08. The Labute approximate surface area is 106 Å². The van der Waals surface area contributed by atoms with Crippen LogP contribution in [0, 0.1) is 5.82 Å². The van der Waals surface area contributed by atoms with Gasteiger partial charge in [-0.15, -0.1) is 0 Å². The highest BCUT2D eigenvalue weighted by molar-refractivity contribution is 7.98. The van der Waals surface area contributed by atoms with Crippen molar-refractivity contribution in [3.63, 3.8) is 0 Å². The van der Waals surface area contributed by atoms with Gasteiger partial charge in [-0.3, -0.25) is 0 Å². The first-order valence-electron chi connectivity index (χ1n) is 5.36. The molecule has 0 aromatic heterocycles. The van der Waals surface area contributed by atoms with Gasteiger partial charge in [0.1, 0.15) is 5.82 Å². The van der Waals surface area contributed by atoms with Crippen LogP contribution in [0.15, 0.2) is 18.2 Å². The van der Waals surface area contributed by atoms with Crippen molar-refractivity contribution in [2.75, 3.05) is 25.6 Å². The lowest BCUT2D eigenvalue weighted by atomic mass is 9.80. The maximum absolute atomic E-state index is 13.6. The van der Waals surface area contributed by atoms with E-state index < -0.39 is 12.9 Å². The van der Waals surface area contributed by atoms with Gasteiger partial charge in [0.05, 0.1) is 0 Å². The summed E-state index contributed by atoms with van der Waals surface area (Å²) in [5.41, 5.74) is 0.746. The minimum absolute atomic E-state index is 0.179. The van der Waals surface area contributed by atoms with E-state index in [9.17, 15) is 4.39 Å². The molecule has 6 heteroatoms. The van der Waals surface area contributed by atoms with Gasteiger partial charge >= 0.3 is 7.12 Å². The fourth-order valence-electron chi connectivity index (χ4n) is 1.47. The van der Waals surface area contributed by atoms with E-state index in [0.717, 1.165) is 12.3 Å². The van der Waals surface area contributed by atoms with Crippen LogP contribution in [0.2, 0.25) is 0 Å². The monoisotopic (exact) mass is 257 g/mol. The van der Waals surface area contributed by atoms with Gasteiger partial charge < -0.3 is 14.9 Å². The predicted molar refractivity (Wildman–Crippen MR) is 70.9 cm³/mol. The van der Waals surface area contributed by atoms with Gasteiger partial charge in [-0.25, -0.2) is 4.39 Å². The van der Waals surface area contributed by atoms with Gasteiger partial charge in [0.2, 0.25) is 0 Å². The van der Waals surface area contributed by atoms with Crippen LogP contribution in [0.4, 0.5) is 4.39 Å². The topological polar surface area (TPSA) is 43.7 Å². The van der Waals surface area contributed by atoms with Gasteiger partial charge in [0.25, 0.3) is 0 Å². The highest BCUT2D eigenvalue weighted by atomic mass is 32.2. The van der Waals surface area contributed by atoms with Crippen LogP contribution in [-0.4, -0.2) is 47.7 Å². The lowest BCUT2D eigenvalue weighted by Crippen LogP contribution is -2.30. The molecule has 0 atom stereocenters. The summed E-state index contributed by atoms with van der Waals surface area (Å²) in [5.74, 6) is 0.609. The second kappa shape index (κ2) is 7.01. The Morgan fingerprint density at radius 1 is 1.41 bits per heavy atom. The van der Waals surface area contributed by atoms with Gasteiger partial charge in [-0.2, -0.15) is 11.8 Å². The van der Waals surface area contributed by atoms with Crippen molar-refractivity contribution in [3.8, 4) is 0 Å². The zero-order valence-electron chi connectivity index (χ0n) is 10.1. The van der Waals surface area contributed by atoms with E-state index in [0.29, 0.717) is 12.1 Å². The summed E-state index contributed by atoms with van der Waals surface area (Å²) < 4.78 is 13.6. The summed E-state index contributed by atoms with van der Waals surface area (Å²) in [6.07, 6.45) is 2.03. The van der Waals surface area contributed by atoms with E-state index in [1.807, 2.05) is 18.2 Å². The third kappa shape index (κ3) is 4.67. The largest absolute Gasteiger partial charge is 0.488 e. The number of nitrogens with zero attached hydrogens (tertiary/aromatic N) is 1. The fourth-order valence-corrected chi connectivity index (χ4v) is 1.96. The molecule has 2 N–H and O–H groups in total. The van der Waals surface area contributed by atoms with Crippen molar-refractivity contribution >= 4 is 24.3 Å². The average molecular weight is 257 g/mol. The van der Waals surface area contributed by atoms with Crippen molar-refractivity contribution < 1.29 is 14.4 Å². The molecule has 1 aromatic carbocycles. The molecule has 0 amide bonds. The van der Waals surface area contributed by atoms with Crippen LogP contribution < -0.4 is 5.46 Å². The maximum Gasteiger partial charge on any atom is 0.488 e. The zero-order valence-corrected chi connectivity index (χ0v) is 10.9. The first-order valence-corrected chi connectivity index (χ1v) is 6.76. The Morgan fingerprint density at radius 3 is 2.65 bits per heavy atom. The molecule has 0 spiro atoms. The highest BCUT2D eigenvalue weighted by Gasteiger charge is 2.14. The summed E-state index contributed by atoms with van der Waals surface area (Å²) in [6, 6.07) is 4.30. The van der Waals surface area contributed by atoms with E-state index in [4.69, 9.17) is 10.0 Å². The molecule has 1 rings (SSSR count). The molecule has 0 fully saturated rings. The number of benzene rings is 1. The number of hydrogen-bond acceptors (Lipinski definition) is 4. The molecule has 0 bridgehead atoms. The molecular formula is C11H17BFNO2S. The van der Waals surface area contributed by atoms with Crippen LogP contribution in [0.3, 0.4) is 0 Å². The molecule has 1 aromatic rings. The molecule has 0 aliphatic heterocycles. The Balaban J connectivity index is 2.65. The minimum Gasteiger partial charge on any atom is -0.423 e. The van der Waals surface area contributed by atoms with Gasteiger partial charge in [0.15, 0.2) is 0 Å². The Bertz CT molecular complexity index is 365. The van der Waals surface area contributed by atoms with Gasteiger partial charge in [0, 0.05) is 24.4 Å². The number of thioether (sulfide) groups is 1. The molecule has 0 radical (unpaired) electrons. The van der Waals surface area contributed by atoms with Crippen molar-refractivity contribution in [1.29, 1.82) is 0 Å². The summed E-state index contributed by atoms with van der Waals surface area (Å²) in [6.45, 7) is 1.42. The molecule has 0 saturated carbocycles. The third-order valence-electron chi connectivity index (χ3n) is 2.49. The lowest BCUT2D eigenvalue weighted by Gasteiger charge is -2.16. The summed E-state index contributed by atoms with van der Waals surface area (Å²) in [7, 11) is 0.317. The molecule has 0 heterocycles. The van der Waals surface area contributed by atoms with Crippen molar-refractivity contribution in [2.24, 2.45) is 0 Å². The Kier molecular flexibility index (Phi) is 5.98. The van der Waals surface area contributed by atoms with Crippen LogP contribution in [0.5, 0.6) is 0 Å². The second-order valence-electron chi connectivity index (χ2n) is 3.96. The summed E-state index contributed by atoms with van der Waals surface area (Å²) >= 11 is 1.75. The van der Waals surface area contributed by atoms with Gasteiger partial charge in [-0.1, -0.05) is 12.1 Å². The molecular weight excluding hydrogens is 240 g/mol. The van der Waals surface area contributed by atoms with Crippen molar-refractivity contribution in [1.82, 2.24) is 4.90 Å². The quantitative estimate of drug-likeness (QED) is 0.719. The second-order valence-corrected chi connectivity index (χ2v) is 4.94. The fraction of sp³-hybridized carbons (Fsp3) is 0.455. The standard InChI is InChI=1S/C11H17BFNO2S/c1-14(5-6-17-2)8-9-3-4-10(12(15)16)7-11(9)13/h3-4,7,15-16H,5-6,8H2,1-2H3. The average Bonchev–Trinajstić information content (AvgIpc) is 2.28. The Morgan fingerprint density at radius 2 is 2.12 bits per heavy atom. The van der Waals surface area contributed by atoms with Crippen LogP contribution in [-0.2, 0) is 6.54 Å². The SMILES string of the molecule is CSCCN(C)Cc1ccc(B(O)O)cc1F. The lowest BCUT2D eigenvalue weighted by molar-refractivity contribution is 0.342. The van der Waals surface area contributed by atoms with Crippen molar-refractivity contribution in [2.45, 2.75) is 6.54 Å². The molecule has 3 nitrogen and oxygen atoms in total. The normalized spacial score (nSPS) is 10.9. The highest BCUT2D eigenvalue weighted by Crippen LogP contribution is 2.08. The minimum atomic E-state index is -1.62. The molecule has 0 unspecified atom stereocenters. The van der Waals surface area contributed by atoms with E-state index in [2.05, 4.69) is 0 Å². The first kappa shape index (κ1) is 14.5. The maximum atomic E-state index is 13.6. The van der Waals surface area contributed by atoms with Crippen LogP contribution in [0.1, 0.15) is 5.56 Å². The van der Waals surface area contributed by atoms with E-state index in [1.54, 1.807) is 17.8 Å². The molecule has 94 valence electrons.